The molecular weight excluding hydrogens is 222 g/mol. The molecule has 18 heavy (non-hydrogen) atoms. The first-order valence-corrected chi connectivity index (χ1v) is 5.94. The Morgan fingerprint density at radius 3 is 2.28 bits per heavy atom. The molecular formula is C16H16NO. The van der Waals surface area contributed by atoms with Gasteiger partial charge in [0.2, 0.25) is 5.91 Å². The van der Waals surface area contributed by atoms with Gasteiger partial charge in [-0.1, -0.05) is 42.5 Å². The molecule has 0 unspecified atom stereocenters. The number of rotatable bonds is 3. The lowest BCUT2D eigenvalue weighted by Gasteiger charge is -2.24. The summed E-state index contributed by atoms with van der Waals surface area (Å²) in [4.78, 5) is 12.3. The third-order valence-corrected chi connectivity index (χ3v) is 3.04. The van der Waals surface area contributed by atoms with Crippen molar-refractivity contribution in [3.05, 3.63) is 66.2 Å². The van der Waals surface area contributed by atoms with Crippen LogP contribution in [0.1, 0.15) is 19.4 Å². The van der Waals surface area contributed by atoms with E-state index in [0.29, 0.717) is 0 Å². The summed E-state index contributed by atoms with van der Waals surface area (Å²) < 4.78 is 0. The van der Waals surface area contributed by atoms with Crippen LogP contribution in [0.3, 0.4) is 0 Å². The molecule has 91 valence electrons. The number of carbonyl (C=O) groups is 1. The average Bonchev–Trinajstić information content (AvgIpc) is 2.41. The van der Waals surface area contributed by atoms with Crippen molar-refractivity contribution in [2.75, 3.05) is 5.32 Å². The van der Waals surface area contributed by atoms with Crippen LogP contribution >= 0.6 is 0 Å². The molecule has 0 aliphatic carbocycles. The van der Waals surface area contributed by atoms with Gasteiger partial charge in [0, 0.05) is 5.69 Å². The number of carbonyl (C=O) groups excluding carboxylic acids is 1. The van der Waals surface area contributed by atoms with Crippen LogP contribution in [0.4, 0.5) is 5.69 Å². The van der Waals surface area contributed by atoms with Crippen molar-refractivity contribution in [2.24, 2.45) is 0 Å². The molecule has 1 amide bonds. The summed E-state index contributed by atoms with van der Waals surface area (Å²) in [5, 5.41) is 2.92. The minimum atomic E-state index is -0.555. The van der Waals surface area contributed by atoms with Gasteiger partial charge in [-0.05, 0) is 37.6 Å². The highest BCUT2D eigenvalue weighted by molar-refractivity contribution is 5.98. The van der Waals surface area contributed by atoms with Gasteiger partial charge in [0.05, 0.1) is 5.41 Å². The molecule has 2 aromatic rings. The van der Waals surface area contributed by atoms with Crippen LogP contribution in [0.2, 0.25) is 0 Å². The molecule has 0 aliphatic rings. The van der Waals surface area contributed by atoms with Crippen molar-refractivity contribution >= 4 is 11.6 Å². The van der Waals surface area contributed by atoms with Gasteiger partial charge in [-0.2, -0.15) is 0 Å². The predicted octanol–water partition coefficient (Wildman–Crippen LogP) is 3.40. The number of nitrogens with one attached hydrogen (secondary N) is 1. The molecule has 2 heteroatoms. The van der Waals surface area contributed by atoms with Gasteiger partial charge in [0.1, 0.15) is 0 Å². The summed E-state index contributed by atoms with van der Waals surface area (Å²) in [5.74, 6) is -0.0140. The highest BCUT2D eigenvalue weighted by Crippen LogP contribution is 2.24. The third kappa shape index (κ3) is 2.59. The molecule has 0 aliphatic heterocycles. The van der Waals surface area contributed by atoms with Gasteiger partial charge in [-0.15, -0.1) is 0 Å². The second kappa shape index (κ2) is 5.05. The average molecular weight is 238 g/mol. The zero-order valence-corrected chi connectivity index (χ0v) is 10.6. The number of amides is 1. The molecule has 0 spiro atoms. The Bertz CT molecular complexity index is 517. The van der Waals surface area contributed by atoms with Crippen LogP contribution in [0.25, 0.3) is 0 Å². The van der Waals surface area contributed by atoms with E-state index in [1.54, 1.807) is 12.1 Å². The van der Waals surface area contributed by atoms with Crippen molar-refractivity contribution in [3.8, 4) is 0 Å². The molecule has 0 heterocycles. The van der Waals surface area contributed by atoms with E-state index >= 15 is 0 Å². The Hall–Kier alpha value is -2.09. The van der Waals surface area contributed by atoms with Gasteiger partial charge in [0.15, 0.2) is 0 Å². The maximum absolute atomic E-state index is 12.3. The molecule has 0 atom stereocenters. The van der Waals surface area contributed by atoms with Crippen molar-refractivity contribution in [3.63, 3.8) is 0 Å². The molecule has 0 bridgehead atoms. The van der Waals surface area contributed by atoms with E-state index in [0.717, 1.165) is 11.3 Å². The van der Waals surface area contributed by atoms with E-state index < -0.39 is 5.41 Å². The summed E-state index contributed by atoms with van der Waals surface area (Å²) in [5.41, 5.74) is 1.24. The normalized spacial score (nSPS) is 11.0. The molecule has 0 saturated heterocycles. The van der Waals surface area contributed by atoms with E-state index in [1.807, 2.05) is 56.3 Å². The highest BCUT2D eigenvalue weighted by Gasteiger charge is 2.29. The molecule has 0 aromatic heterocycles. The van der Waals surface area contributed by atoms with E-state index in [-0.39, 0.29) is 5.91 Å². The maximum Gasteiger partial charge on any atom is 0.234 e. The van der Waals surface area contributed by atoms with Crippen molar-refractivity contribution in [1.82, 2.24) is 0 Å². The lowest BCUT2D eigenvalue weighted by atomic mass is 9.83. The number of hydrogen-bond acceptors (Lipinski definition) is 1. The van der Waals surface area contributed by atoms with Gasteiger partial charge in [-0.25, -0.2) is 0 Å². The fourth-order valence-corrected chi connectivity index (χ4v) is 1.74. The van der Waals surface area contributed by atoms with Crippen molar-refractivity contribution in [1.29, 1.82) is 0 Å². The minimum Gasteiger partial charge on any atom is -0.325 e. The van der Waals surface area contributed by atoms with Gasteiger partial charge >= 0.3 is 0 Å². The molecule has 2 rings (SSSR count). The van der Waals surface area contributed by atoms with E-state index in [1.165, 1.54) is 0 Å². The zero-order chi connectivity index (χ0) is 13.0. The van der Waals surface area contributed by atoms with Gasteiger partial charge in [-0.3, -0.25) is 4.79 Å². The maximum atomic E-state index is 12.3. The lowest BCUT2D eigenvalue weighted by molar-refractivity contribution is -0.120. The van der Waals surface area contributed by atoms with Crippen LogP contribution in [-0.2, 0) is 10.2 Å². The standard InChI is InChI=1S/C16H16NO/c1-16(2,13-9-5-3-6-10-13)15(18)17-14-11-7-4-8-12-14/h3,5-12H,1-2H3,(H,17,18). The fraction of sp³-hybridized carbons (Fsp3) is 0.188. The smallest absolute Gasteiger partial charge is 0.234 e. The van der Waals surface area contributed by atoms with E-state index in [9.17, 15) is 4.79 Å². The summed E-state index contributed by atoms with van der Waals surface area (Å²) in [6.45, 7) is 3.85. The van der Waals surface area contributed by atoms with Crippen LogP contribution in [-0.4, -0.2) is 5.91 Å². The predicted molar refractivity (Wildman–Crippen MR) is 73.4 cm³/mol. The van der Waals surface area contributed by atoms with Crippen LogP contribution < -0.4 is 5.32 Å². The van der Waals surface area contributed by atoms with E-state index in [4.69, 9.17) is 0 Å². The second-order valence-electron chi connectivity index (χ2n) is 4.73. The highest BCUT2D eigenvalue weighted by atomic mass is 16.2. The number of benzene rings is 2. The first-order chi connectivity index (χ1) is 8.60. The molecule has 1 N–H and O–H groups in total. The quantitative estimate of drug-likeness (QED) is 0.872. The number of hydrogen-bond donors (Lipinski definition) is 1. The first kappa shape index (κ1) is 12.4. The Kier molecular flexibility index (Phi) is 3.47. The minimum absolute atomic E-state index is 0.0140. The third-order valence-electron chi connectivity index (χ3n) is 3.04. The Morgan fingerprint density at radius 2 is 1.67 bits per heavy atom. The SMILES string of the molecule is CC(C)(C(=O)Nc1cc[c]cc1)c1ccccc1. The molecule has 1 radical (unpaired) electrons. The molecule has 0 fully saturated rings. The van der Waals surface area contributed by atoms with Crippen LogP contribution in [0.5, 0.6) is 0 Å². The Labute approximate surface area is 108 Å². The van der Waals surface area contributed by atoms with Crippen molar-refractivity contribution < 1.29 is 4.79 Å². The molecule has 0 saturated carbocycles. The Morgan fingerprint density at radius 1 is 1.06 bits per heavy atom. The first-order valence-electron chi connectivity index (χ1n) is 5.94. The largest absolute Gasteiger partial charge is 0.325 e. The summed E-state index contributed by atoms with van der Waals surface area (Å²) in [6, 6.07) is 19.9. The lowest BCUT2D eigenvalue weighted by Crippen LogP contribution is -2.34. The van der Waals surface area contributed by atoms with Crippen molar-refractivity contribution in [2.45, 2.75) is 19.3 Å². The van der Waals surface area contributed by atoms with Gasteiger partial charge < -0.3 is 5.32 Å². The summed E-state index contributed by atoms with van der Waals surface area (Å²) in [6.07, 6.45) is 0. The topological polar surface area (TPSA) is 29.1 Å². The number of anilines is 1. The van der Waals surface area contributed by atoms with E-state index in [2.05, 4.69) is 11.4 Å². The zero-order valence-electron chi connectivity index (χ0n) is 10.6. The summed E-state index contributed by atoms with van der Waals surface area (Å²) >= 11 is 0. The van der Waals surface area contributed by atoms with Crippen LogP contribution in [0.15, 0.2) is 54.6 Å². The Balaban J connectivity index is 2.18. The second-order valence-corrected chi connectivity index (χ2v) is 4.73. The fourth-order valence-electron chi connectivity index (χ4n) is 1.74. The van der Waals surface area contributed by atoms with Gasteiger partial charge in [0.25, 0.3) is 0 Å². The monoisotopic (exact) mass is 238 g/mol. The molecule has 2 aromatic carbocycles. The summed E-state index contributed by atoms with van der Waals surface area (Å²) in [7, 11) is 0. The van der Waals surface area contributed by atoms with Crippen LogP contribution in [0, 0.1) is 6.07 Å². The molecule has 2 nitrogen and oxygen atoms in total.